The zero-order chi connectivity index (χ0) is 30.8. The van der Waals surface area contributed by atoms with E-state index in [2.05, 4.69) is 32.7 Å². The average molecular weight is 610 g/mol. The molecule has 0 unspecified atom stereocenters. The first-order chi connectivity index (χ1) is 21.2. The number of fused-ring (bicyclic) bond motifs is 3. The Balaban J connectivity index is 1.16. The van der Waals surface area contributed by atoms with E-state index in [1.165, 1.54) is 18.1 Å². The molecular formula is C33H38F3N5O3. The van der Waals surface area contributed by atoms with Gasteiger partial charge in [0.1, 0.15) is 12.3 Å². The number of rotatable bonds is 8. The number of halogens is 3. The fourth-order valence-corrected chi connectivity index (χ4v) is 6.75. The van der Waals surface area contributed by atoms with Gasteiger partial charge in [0, 0.05) is 55.3 Å². The number of nitrogens with one attached hydrogen (secondary N) is 3. The second-order valence-corrected chi connectivity index (χ2v) is 11.8. The number of hydrogen-bond acceptors (Lipinski definition) is 6. The fraction of sp³-hybridized carbons (Fsp3) is 0.485. The quantitative estimate of drug-likeness (QED) is 0.304. The van der Waals surface area contributed by atoms with E-state index in [0.29, 0.717) is 46.5 Å². The predicted molar refractivity (Wildman–Crippen MR) is 164 cm³/mol. The smallest absolute Gasteiger partial charge is 0.406 e. The molecule has 2 atom stereocenters. The van der Waals surface area contributed by atoms with E-state index in [1.54, 1.807) is 43.4 Å². The normalized spacial score (nSPS) is 23.3. The lowest BCUT2D eigenvalue weighted by atomic mass is 9.87. The number of morpholine rings is 1. The summed E-state index contributed by atoms with van der Waals surface area (Å²) in [6.07, 6.45) is 1.84. The minimum absolute atomic E-state index is 0.169. The Morgan fingerprint density at radius 1 is 1.07 bits per heavy atom. The first-order valence-corrected chi connectivity index (χ1v) is 15.2. The number of carbonyl (C=O) groups excluding carboxylic acids is 1. The molecule has 44 heavy (non-hydrogen) atoms. The van der Waals surface area contributed by atoms with E-state index in [9.17, 15) is 18.0 Å². The number of piperidine rings is 1. The van der Waals surface area contributed by atoms with Gasteiger partial charge in [0.2, 0.25) is 0 Å². The van der Waals surface area contributed by atoms with Crippen molar-refractivity contribution in [2.75, 3.05) is 44.4 Å². The Labute approximate surface area is 255 Å². The molecule has 4 aliphatic rings. The van der Waals surface area contributed by atoms with Gasteiger partial charge in [0.15, 0.2) is 0 Å². The van der Waals surface area contributed by atoms with Crippen molar-refractivity contribution in [1.82, 2.24) is 14.8 Å². The number of aromatic nitrogens is 1. The van der Waals surface area contributed by atoms with Crippen LogP contribution < -0.4 is 20.7 Å². The number of ether oxygens (including phenoxy) is 2. The maximum atomic E-state index is 13.7. The Hall–Kier alpha value is -3.88. The molecule has 0 spiro atoms. The summed E-state index contributed by atoms with van der Waals surface area (Å²) < 4.78 is 53.5. The first-order valence-electron chi connectivity index (χ1n) is 15.2. The van der Waals surface area contributed by atoms with Gasteiger partial charge in [-0.05, 0) is 68.0 Å². The van der Waals surface area contributed by atoms with Crippen LogP contribution in [0.4, 0.5) is 24.5 Å². The standard InChI is InChI=1S/C33H38F3N5O3/c1-37-32(42)21-8-13-29(31(15-21)43-2)38-14-4-5-24-16-27-28(6-3-7-30(27)41(24)20-33(34,35)36)39-22-9-11-23(12-10-22)40-18-25-17-26(19-40)44-25/h3,6-8,13,15-16,22-23,25-26,38-39H,9-12,14,17-20H2,1-2H3,(H,37,42)/t22?,23?,25-,26-/m0/s1. The van der Waals surface area contributed by atoms with Crippen LogP contribution in [0.1, 0.15) is 48.2 Å². The van der Waals surface area contributed by atoms with Crippen molar-refractivity contribution in [3.05, 3.63) is 53.7 Å². The lowest BCUT2D eigenvalue weighted by Gasteiger charge is -2.50. The highest BCUT2D eigenvalue weighted by molar-refractivity contribution is 5.95. The highest BCUT2D eigenvalue weighted by atomic mass is 19.4. The highest BCUT2D eigenvalue weighted by Crippen LogP contribution is 2.35. The van der Waals surface area contributed by atoms with Crippen molar-refractivity contribution < 1.29 is 27.4 Å². The number of anilines is 2. The van der Waals surface area contributed by atoms with Crippen LogP contribution >= 0.6 is 0 Å². The van der Waals surface area contributed by atoms with Crippen LogP contribution in [0.2, 0.25) is 0 Å². The number of carbonyl (C=O) groups is 1. The lowest BCUT2D eigenvalue weighted by Crippen LogP contribution is -2.60. The average Bonchev–Trinajstić information content (AvgIpc) is 3.35. The van der Waals surface area contributed by atoms with Crippen molar-refractivity contribution in [2.24, 2.45) is 0 Å². The minimum atomic E-state index is -4.40. The van der Waals surface area contributed by atoms with Gasteiger partial charge < -0.3 is 30.0 Å². The third kappa shape index (κ3) is 6.61. The van der Waals surface area contributed by atoms with Crippen LogP contribution in [-0.2, 0) is 11.3 Å². The number of amides is 1. The maximum Gasteiger partial charge on any atom is 0.406 e. The van der Waals surface area contributed by atoms with Crippen molar-refractivity contribution in [2.45, 2.75) is 69.1 Å². The zero-order valence-corrected chi connectivity index (χ0v) is 25.0. The molecule has 234 valence electrons. The predicted octanol–water partition coefficient (Wildman–Crippen LogP) is 5.23. The van der Waals surface area contributed by atoms with E-state index in [4.69, 9.17) is 9.47 Å². The van der Waals surface area contributed by atoms with Crippen LogP contribution in [0.5, 0.6) is 5.75 Å². The van der Waals surface area contributed by atoms with Crippen molar-refractivity contribution >= 4 is 28.2 Å². The SMILES string of the molecule is CNC(=O)c1ccc(NCC#Cc2cc3c(NC4CCC(N5C[C@@H]6C[C@@H](C5)O6)CC4)cccc3n2CC(F)(F)F)c(OC)c1. The molecule has 3 aromatic rings. The summed E-state index contributed by atoms with van der Waals surface area (Å²) in [7, 11) is 3.05. The molecule has 8 nitrogen and oxygen atoms in total. The van der Waals surface area contributed by atoms with Gasteiger partial charge >= 0.3 is 6.18 Å². The second-order valence-electron chi connectivity index (χ2n) is 11.8. The molecule has 1 amide bonds. The van der Waals surface area contributed by atoms with E-state index in [-0.39, 0.29) is 18.5 Å². The number of alkyl halides is 3. The first kappa shape index (κ1) is 30.2. The summed E-state index contributed by atoms with van der Waals surface area (Å²) in [5.74, 6) is 6.14. The molecule has 1 saturated carbocycles. The minimum Gasteiger partial charge on any atom is -0.495 e. The molecule has 1 aliphatic carbocycles. The molecule has 7 rings (SSSR count). The van der Waals surface area contributed by atoms with E-state index in [0.717, 1.165) is 49.8 Å². The van der Waals surface area contributed by atoms with Crippen LogP contribution in [0, 0.1) is 11.8 Å². The summed E-state index contributed by atoms with van der Waals surface area (Å²) in [5.41, 5.74) is 2.70. The zero-order valence-electron chi connectivity index (χ0n) is 25.0. The molecule has 3 aliphatic heterocycles. The molecule has 11 heteroatoms. The van der Waals surface area contributed by atoms with Crippen LogP contribution in [0.25, 0.3) is 10.9 Å². The Morgan fingerprint density at radius 2 is 1.82 bits per heavy atom. The topological polar surface area (TPSA) is 79.8 Å². The van der Waals surface area contributed by atoms with Gasteiger partial charge in [-0.2, -0.15) is 13.2 Å². The summed E-state index contributed by atoms with van der Waals surface area (Å²) >= 11 is 0. The highest BCUT2D eigenvalue weighted by Gasteiger charge is 2.41. The molecule has 3 N–H and O–H groups in total. The van der Waals surface area contributed by atoms with E-state index >= 15 is 0 Å². The molecule has 2 bridgehead atoms. The van der Waals surface area contributed by atoms with Crippen molar-refractivity contribution in [3.8, 4) is 17.6 Å². The maximum absolute atomic E-state index is 13.7. The largest absolute Gasteiger partial charge is 0.495 e. The van der Waals surface area contributed by atoms with Gasteiger partial charge in [-0.1, -0.05) is 12.0 Å². The van der Waals surface area contributed by atoms with Crippen molar-refractivity contribution in [1.29, 1.82) is 0 Å². The van der Waals surface area contributed by atoms with Crippen LogP contribution in [-0.4, -0.2) is 79.6 Å². The summed E-state index contributed by atoms with van der Waals surface area (Å²) in [6.45, 7) is 1.10. The molecule has 2 aromatic carbocycles. The molecule has 4 fully saturated rings. The van der Waals surface area contributed by atoms with Crippen LogP contribution in [0.3, 0.4) is 0 Å². The Kier molecular flexibility index (Phi) is 8.65. The number of methoxy groups -OCH3 is 1. The van der Waals surface area contributed by atoms with Crippen LogP contribution in [0.15, 0.2) is 42.5 Å². The van der Waals surface area contributed by atoms with Crippen molar-refractivity contribution in [3.63, 3.8) is 0 Å². The Morgan fingerprint density at radius 3 is 2.50 bits per heavy atom. The molecule has 3 saturated heterocycles. The van der Waals surface area contributed by atoms with Gasteiger partial charge in [-0.15, -0.1) is 0 Å². The fourth-order valence-electron chi connectivity index (χ4n) is 6.75. The molecule has 4 heterocycles. The van der Waals surface area contributed by atoms with Gasteiger partial charge in [0.05, 0.1) is 42.8 Å². The third-order valence-corrected chi connectivity index (χ3v) is 8.92. The Bertz CT molecular complexity index is 1550. The van der Waals surface area contributed by atoms with E-state index < -0.39 is 12.7 Å². The van der Waals surface area contributed by atoms with E-state index in [1.807, 2.05) is 6.07 Å². The molecular weight excluding hydrogens is 571 g/mol. The molecule has 0 radical (unpaired) electrons. The number of benzene rings is 2. The second kappa shape index (κ2) is 12.6. The summed E-state index contributed by atoms with van der Waals surface area (Å²) in [4.78, 5) is 14.5. The lowest BCUT2D eigenvalue weighted by molar-refractivity contribution is -0.189. The van der Waals surface area contributed by atoms with Gasteiger partial charge in [-0.3, -0.25) is 9.69 Å². The third-order valence-electron chi connectivity index (χ3n) is 8.92. The van der Waals surface area contributed by atoms with Gasteiger partial charge in [-0.25, -0.2) is 0 Å². The molecule has 1 aromatic heterocycles. The summed E-state index contributed by atoms with van der Waals surface area (Å²) in [5, 5.41) is 10.1. The monoisotopic (exact) mass is 609 g/mol. The summed E-state index contributed by atoms with van der Waals surface area (Å²) in [6, 6.07) is 13.0. The number of hydrogen-bond donors (Lipinski definition) is 3. The van der Waals surface area contributed by atoms with Gasteiger partial charge in [0.25, 0.3) is 5.91 Å². The number of nitrogens with zero attached hydrogens (tertiary/aromatic N) is 2.